The van der Waals surface area contributed by atoms with Crippen molar-refractivity contribution < 1.29 is 13.2 Å². The van der Waals surface area contributed by atoms with Crippen molar-refractivity contribution in [3.63, 3.8) is 0 Å². The fraction of sp³-hybridized carbons (Fsp3) is 0.294. The maximum absolute atomic E-state index is 12.4. The van der Waals surface area contributed by atoms with E-state index in [1.165, 1.54) is 12.1 Å². The molecule has 0 saturated heterocycles. The van der Waals surface area contributed by atoms with Crippen LogP contribution in [0.3, 0.4) is 0 Å². The molecule has 0 aliphatic carbocycles. The summed E-state index contributed by atoms with van der Waals surface area (Å²) in [6.45, 7) is 6.21. The molecule has 2 rings (SSSR count). The average molecular weight is 354 g/mol. The third kappa shape index (κ3) is 4.18. The smallest absolute Gasteiger partial charge is 0.261 e. The molecule has 0 bridgehead atoms. The molecule has 6 heteroatoms. The minimum atomic E-state index is -3.70. The van der Waals surface area contributed by atoms with Crippen LogP contribution in [0.2, 0.25) is 5.02 Å². The predicted octanol–water partition coefficient (Wildman–Crippen LogP) is 4.45. The summed E-state index contributed by atoms with van der Waals surface area (Å²) in [6, 6.07) is 11.4. The summed E-state index contributed by atoms with van der Waals surface area (Å²) in [5.74, 6) is 0.642. The molecule has 0 spiro atoms. The lowest BCUT2D eigenvalue weighted by atomic mass is 9.86. The Bertz CT molecular complexity index is 811. The van der Waals surface area contributed by atoms with E-state index in [4.69, 9.17) is 16.3 Å². The maximum Gasteiger partial charge on any atom is 0.261 e. The van der Waals surface area contributed by atoms with Gasteiger partial charge in [-0.1, -0.05) is 44.5 Å². The highest BCUT2D eigenvalue weighted by atomic mass is 35.5. The molecule has 2 aromatic rings. The molecule has 0 saturated carbocycles. The summed E-state index contributed by atoms with van der Waals surface area (Å²) >= 11 is 5.86. The van der Waals surface area contributed by atoms with Gasteiger partial charge in [-0.05, 0) is 35.2 Å². The Morgan fingerprint density at radius 3 is 2.35 bits per heavy atom. The highest BCUT2D eigenvalue weighted by Gasteiger charge is 2.20. The fourth-order valence-corrected chi connectivity index (χ4v) is 3.57. The fourth-order valence-electron chi connectivity index (χ4n) is 2.22. The van der Waals surface area contributed by atoms with E-state index in [2.05, 4.69) is 25.5 Å². The molecule has 1 N–H and O–H groups in total. The lowest BCUT2D eigenvalue weighted by Gasteiger charge is -2.22. The first kappa shape index (κ1) is 17.6. The number of rotatable bonds is 4. The van der Waals surface area contributed by atoms with Crippen molar-refractivity contribution in [1.82, 2.24) is 0 Å². The van der Waals surface area contributed by atoms with Crippen LogP contribution in [0.15, 0.2) is 47.4 Å². The Hall–Kier alpha value is -1.72. The molecule has 0 heterocycles. The van der Waals surface area contributed by atoms with Gasteiger partial charge in [-0.3, -0.25) is 4.72 Å². The first-order valence-corrected chi connectivity index (χ1v) is 8.96. The molecule has 0 amide bonds. The Labute approximate surface area is 142 Å². The van der Waals surface area contributed by atoms with Gasteiger partial charge in [0.2, 0.25) is 0 Å². The second kappa shape index (κ2) is 6.42. The molecule has 0 radical (unpaired) electrons. The number of benzene rings is 2. The van der Waals surface area contributed by atoms with Crippen LogP contribution in [0.1, 0.15) is 26.3 Å². The van der Waals surface area contributed by atoms with E-state index < -0.39 is 10.0 Å². The number of hydrogen-bond donors (Lipinski definition) is 1. The van der Waals surface area contributed by atoms with Gasteiger partial charge < -0.3 is 4.74 Å². The number of anilines is 1. The van der Waals surface area contributed by atoms with E-state index in [1.54, 1.807) is 31.4 Å². The van der Waals surface area contributed by atoms with Crippen LogP contribution < -0.4 is 9.46 Å². The number of hydrogen-bond acceptors (Lipinski definition) is 3. The minimum absolute atomic E-state index is 0.101. The summed E-state index contributed by atoms with van der Waals surface area (Å²) in [5, 5.41) is 0.369. The van der Waals surface area contributed by atoms with E-state index in [0.717, 1.165) is 5.56 Å². The Kier molecular flexibility index (Phi) is 4.92. The van der Waals surface area contributed by atoms with Crippen molar-refractivity contribution in [2.75, 3.05) is 11.8 Å². The summed E-state index contributed by atoms with van der Waals surface area (Å²) < 4.78 is 32.8. The zero-order chi connectivity index (χ0) is 17.3. The zero-order valence-corrected chi connectivity index (χ0v) is 15.1. The number of methoxy groups -OCH3 is 1. The van der Waals surface area contributed by atoms with Crippen LogP contribution in [-0.2, 0) is 15.4 Å². The summed E-state index contributed by atoms with van der Waals surface area (Å²) in [4.78, 5) is 0.115. The Balaban J connectivity index is 2.37. The number of ether oxygens (including phenoxy) is 1. The summed E-state index contributed by atoms with van der Waals surface area (Å²) in [5.41, 5.74) is 1.34. The van der Waals surface area contributed by atoms with Gasteiger partial charge in [0.1, 0.15) is 5.75 Å². The van der Waals surface area contributed by atoms with Crippen molar-refractivity contribution in [1.29, 1.82) is 0 Å². The van der Waals surface area contributed by atoms with Gasteiger partial charge in [0.15, 0.2) is 0 Å². The van der Waals surface area contributed by atoms with Crippen LogP contribution in [0.4, 0.5) is 5.69 Å². The van der Waals surface area contributed by atoms with Crippen molar-refractivity contribution >= 4 is 27.3 Å². The monoisotopic (exact) mass is 353 g/mol. The number of sulfonamides is 1. The lowest BCUT2D eigenvalue weighted by molar-refractivity contribution is 0.398. The Morgan fingerprint density at radius 1 is 1.09 bits per heavy atom. The number of nitrogens with one attached hydrogen (secondary N) is 1. The van der Waals surface area contributed by atoms with Crippen molar-refractivity contribution in [3.05, 3.63) is 53.1 Å². The standard InChI is InChI=1S/C17H20ClNO3S/c1-17(2,3)15-9-8-13(11-16(15)22-4)19-23(20,21)14-7-5-6-12(18)10-14/h5-11,19H,1-4H3. The average Bonchev–Trinajstić information content (AvgIpc) is 2.45. The molecule has 0 aliphatic heterocycles. The van der Waals surface area contributed by atoms with Crippen molar-refractivity contribution in [2.24, 2.45) is 0 Å². The first-order chi connectivity index (χ1) is 10.6. The molecule has 23 heavy (non-hydrogen) atoms. The van der Waals surface area contributed by atoms with Crippen molar-refractivity contribution in [2.45, 2.75) is 31.1 Å². The molecule has 0 unspecified atom stereocenters. The SMILES string of the molecule is COc1cc(NS(=O)(=O)c2cccc(Cl)c2)ccc1C(C)(C)C. The highest BCUT2D eigenvalue weighted by Crippen LogP contribution is 2.33. The van der Waals surface area contributed by atoms with Crippen LogP contribution in [-0.4, -0.2) is 15.5 Å². The maximum atomic E-state index is 12.4. The summed E-state index contributed by atoms with van der Waals surface area (Å²) in [7, 11) is -2.13. The van der Waals surface area contributed by atoms with Gasteiger partial charge in [-0.15, -0.1) is 0 Å². The molecule has 0 atom stereocenters. The van der Waals surface area contributed by atoms with E-state index >= 15 is 0 Å². The van der Waals surface area contributed by atoms with E-state index in [9.17, 15) is 8.42 Å². The van der Waals surface area contributed by atoms with Gasteiger partial charge in [-0.25, -0.2) is 8.42 Å². The van der Waals surface area contributed by atoms with Gasteiger partial charge in [-0.2, -0.15) is 0 Å². The highest BCUT2D eigenvalue weighted by molar-refractivity contribution is 7.92. The normalized spacial score (nSPS) is 12.0. The molecule has 0 aliphatic rings. The first-order valence-electron chi connectivity index (χ1n) is 7.10. The van der Waals surface area contributed by atoms with Crippen LogP contribution in [0, 0.1) is 0 Å². The zero-order valence-electron chi connectivity index (χ0n) is 13.6. The molecule has 124 valence electrons. The van der Waals surface area contributed by atoms with Crippen LogP contribution >= 0.6 is 11.6 Å². The Morgan fingerprint density at radius 2 is 1.78 bits per heavy atom. The summed E-state index contributed by atoms with van der Waals surface area (Å²) in [6.07, 6.45) is 0. The minimum Gasteiger partial charge on any atom is -0.496 e. The molecular formula is C17H20ClNO3S. The van der Waals surface area contributed by atoms with E-state index in [0.29, 0.717) is 16.5 Å². The van der Waals surface area contributed by atoms with Gasteiger partial charge in [0.05, 0.1) is 17.7 Å². The lowest BCUT2D eigenvalue weighted by Crippen LogP contribution is -2.15. The predicted molar refractivity (Wildman–Crippen MR) is 94.0 cm³/mol. The quantitative estimate of drug-likeness (QED) is 0.883. The topological polar surface area (TPSA) is 55.4 Å². The van der Waals surface area contributed by atoms with E-state index in [-0.39, 0.29) is 10.3 Å². The van der Waals surface area contributed by atoms with Gasteiger partial charge in [0, 0.05) is 11.1 Å². The van der Waals surface area contributed by atoms with Gasteiger partial charge >= 0.3 is 0 Å². The molecular weight excluding hydrogens is 334 g/mol. The van der Waals surface area contributed by atoms with E-state index in [1.807, 2.05) is 6.07 Å². The second-order valence-electron chi connectivity index (χ2n) is 6.23. The van der Waals surface area contributed by atoms with Crippen molar-refractivity contribution in [3.8, 4) is 5.75 Å². The molecule has 0 fully saturated rings. The molecule has 2 aromatic carbocycles. The largest absolute Gasteiger partial charge is 0.496 e. The van der Waals surface area contributed by atoms with Gasteiger partial charge in [0.25, 0.3) is 10.0 Å². The molecule has 0 aromatic heterocycles. The third-order valence-electron chi connectivity index (χ3n) is 3.37. The van der Waals surface area contributed by atoms with Crippen LogP contribution in [0.25, 0.3) is 0 Å². The number of halogens is 1. The second-order valence-corrected chi connectivity index (χ2v) is 8.35. The third-order valence-corrected chi connectivity index (χ3v) is 4.98. The van der Waals surface area contributed by atoms with Crippen LogP contribution in [0.5, 0.6) is 5.75 Å². The molecule has 4 nitrogen and oxygen atoms in total.